The van der Waals surface area contributed by atoms with E-state index in [2.05, 4.69) is 27.9 Å². The first kappa shape index (κ1) is 11.6. The molecule has 0 unspecified atom stereocenters. The Morgan fingerprint density at radius 3 is 2.93 bits per heavy atom. The molecule has 1 aromatic carbocycles. The maximum absolute atomic E-state index is 11.1. The van der Waals surface area contributed by atoms with Gasteiger partial charge in [0.15, 0.2) is 0 Å². The highest BCUT2D eigenvalue weighted by Gasteiger charge is 2.05. The van der Waals surface area contributed by atoms with Crippen LogP contribution in [-0.2, 0) is 4.74 Å². The molecule has 0 spiro atoms. The van der Waals surface area contributed by atoms with Crippen LogP contribution in [0.4, 0.5) is 10.5 Å². The third kappa shape index (κ3) is 3.34. The smallest absolute Gasteiger partial charge is 0.411 e. The number of rotatable bonds is 2. The Bertz CT molecular complexity index is 344. The van der Waals surface area contributed by atoms with E-state index in [9.17, 15) is 4.79 Å². The molecule has 0 aliphatic carbocycles. The van der Waals surface area contributed by atoms with Crippen LogP contribution >= 0.6 is 34.2 Å². The van der Waals surface area contributed by atoms with Crippen molar-refractivity contribution in [2.45, 2.75) is 6.92 Å². The van der Waals surface area contributed by atoms with E-state index >= 15 is 0 Å². The fourth-order valence-electron chi connectivity index (χ4n) is 0.868. The molecular formula is C9H9ClINO2. The first-order valence-electron chi connectivity index (χ1n) is 4.02. The van der Waals surface area contributed by atoms with Gasteiger partial charge in [-0.25, -0.2) is 4.79 Å². The summed E-state index contributed by atoms with van der Waals surface area (Å²) in [5, 5.41) is 3.25. The van der Waals surface area contributed by atoms with Gasteiger partial charge < -0.3 is 4.74 Å². The van der Waals surface area contributed by atoms with E-state index in [1.165, 1.54) is 0 Å². The molecule has 0 aliphatic rings. The third-order valence-electron chi connectivity index (χ3n) is 1.44. The molecule has 1 rings (SSSR count). The molecule has 1 amide bonds. The molecule has 76 valence electrons. The van der Waals surface area contributed by atoms with E-state index in [0.29, 0.717) is 17.3 Å². The van der Waals surface area contributed by atoms with Gasteiger partial charge in [-0.2, -0.15) is 0 Å². The standard InChI is InChI=1S/C9H9ClINO2/c1-2-14-9(13)12-8-4-3-6(10)5-7(8)11/h3-5H,2H2,1H3,(H,12,13). The molecule has 0 heterocycles. The third-order valence-corrected chi connectivity index (χ3v) is 2.57. The van der Waals surface area contributed by atoms with Crippen LogP contribution in [0.5, 0.6) is 0 Å². The lowest BCUT2D eigenvalue weighted by molar-refractivity contribution is 0.168. The summed E-state index contributed by atoms with van der Waals surface area (Å²) in [5.41, 5.74) is 0.702. The maximum atomic E-state index is 11.1. The Morgan fingerprint density at radius 1 is 1.64 bits per heavy atom. The molecule has 0 saturated carbocycles. The summed E-state index contributed by atoms with van der Waals surface area (Å²) in [5.74, 6) is 0. The van der Waals surface area contributed by atoms with Crippen molar-refractivity contribution in [1.82, 2.24) is 0 Å². The number of carbonyl (C=O) groups is 1. The highest BCUT2D eigenvalue weighted by molar-refractivity contribution is 14.1. The quantitative estimate of drug-likeness (QED) is 0.845. The van der Waals surface area contributed by atoms with Crippen LogP contribution in [0.2, 0.25) is 5.02 Å². The Kier molecular flexibility index (Phi) is 4.47. The van der Waals surface area contributed by atoms with Gasteiger partial charge in [-0.3, -0.25) is 5.32 Å². The van der Waals surface area contributed by atoms with Gasteiger partial charge in [0.05, 0.1) is 12.3 Å². The Hall–Kier alpha value is -0.490. The number of nitrogens with one attached hydrogen (secondary N) is 1. The lowest BCUT2D eigenvalue weighted by atomic mass is 10.3. The maximum Gasteiger partial charge on any atom is 0.411 e. The molecule has 3 nitrogen and oxygen atoms in total. The van der Waals surface area contributed by atoms with Gasteiger partial charge in [0, 0.05) is 8.59 Å². The number of halogens is 2. The zero-order valence-corrected chi connectivity index (χ0v) is 10.4. The van der Waals surface area contributed by atoms with Crippen molar-refractivity contribution in [3.05, 3.63) is 26.8 Å². The second-order valence-electron chi connectivity index (χ2n) is 2.47. The molecule has 0 aliphatic heterocycles. The van der Waals surface area contributed by atoms with Gasteiger partial charge in [0.25, 0.3) is 0 Å². The lowest BCUT2D eigenvalue weighted by Crippen LogP contribution is -2.13. The normalized spacial score (nSPS) is 9.64. The molecule has 1 aromatic rings. The van der Waals surface area contributed by atoms with Gasteiger partial charge in [0.2, 0.25) is 0 Å². The molecule has 5 heteroatoms. The first-order valence-corrected chi connectivity index (χ1v) is 5.48. The fourth-order valence-corrected chi connectivity index (χ4v) is 1.87. The predicted molar refractivity (Wildman–Crippen MR) is 64.8 cm³/mol. The van der Waals surface area contributed by atoms with E-state index in [0.717, 1.165) is 3.57 Å². The second kappa shape index (κ2) is 5.41. The SMILES string of the molecule is CCOC(=O)Nc1ccc(Cl)cc1I. The average molecular weight is 326 g/mol. The van der Waals surface area contributed by atoms with Crippen molar-refractivity contribution in [1.29, 1.82) is 0 Å². The highest BCUT2D eigenvalue weighted by atomic mass is 127. The molecule has 14 heavy (non-hydrogen) atoms. The summed E-state index contributed by atoms with van der Waals surface area (Å²) in [4.78, 5) is 11.1. The topological polar surface area (TPSA) is 38.3 Å². The van der Waals surface area contributed by atoms with E-state index in [-0.39, 0.29) is 0 Å². The van der Waals surface area contributed by atoms with Crippen LogP contribution in [0.25, 0.3) is 0 Å². The average Bonchev–Trinajstić information content (AvgIpc) is 2.10. The molecule has 0 aromatic heterocycles. The number of ether oxygens (including phenoxy) is 1. The van der Waals surface area contributed by atoms with Gasteiger partial charge in [-0.05, 0) is 47.7 Å². The molecule has 0 radical (unpaired) electrons. The summed E-state index contributed by atoms with van der Waals surface area (Å²) >= 11 is 7.86. The van der Waals surface area contributed by atoms with Crippen molar-refractivity contribution in [2.75, 3.05) is 11.9 Å². The minimum atomic E-state index is -0.451. The van der Waals surface area contributed by atoms with Crippen molar-refractivity contribution in [3.8, 4) is 0 Å². The Balaban J connectivity index is 2.72. The van der Waals surface area contributed by atoms with Crippen molar-refractivity contribution in [3.63, 3.8) is 0 Å². The van der Waals surface area contributed by atoms with Crippen molar-refractivity contribution >= 4 is 46.0 Å². The monoisotopic (exact) mass is 325 g/mol. The fraction of sp³-hybridized carbons (Fsp3) is 0.222. The minimum Gasteiger partial charge on any atom is -0.450 e. The second-order valence-corrected chi connectivity index (χ2v) is 4.07. The van der Waals surface area contributed by atoms with Crippen LogP contribution < -0.4 is 5.32 Å². The zero-order valence-electron chi connectivity index (χ0n) is 7.51. The lowest BCUT2D eigenvalue weighted by Gasteiger charge is -2.06. The summed E-state index contributed by atoms with van der Waals surface area (Å²) in [6.45, 7) is 2.11. The summed E-state index contributed by atoms with van der Waals surface area (Å²) in [7, 11) is 0. The predicted octanol–water partition coefficient (Wildman–Crippen LogP) is 3.51. The van der Waals surface area contributed by atoms with Gasteiger partial charge in [-0.15, -0.1) is 0 Å². The number of carbonyl (C=O) groups excluding carboxylic acids is 1. The van der Waals surface area contributed by atoms with E-state index in [1.54, 1.807) is 25.1 Å². The summed E-state index contributed by atoms with van der Waals surface area (Å²) < 4.78 is 5.62. The number of anilines is 1. The van der Waals surface area contributed by atoms with Crippen LogP contribution in [0, 0.1) is 3.57 Å². The van der Waals surface area contributed by atoms with E-state index < -0.39 is 6.09 Å². The van der Waals surface area contributed by atoms with Crippen molar-refractivity contribution in [2.24, 2.45) is 0 Å². The molecule has 0 atom stereocenters. The summed E-state index contributed by atoms with van der Waals surface area (Å²) in [6.07, 6.45) is -0.451. The van der Waals surface area contributed by atoms with E-state index in [4.69, 9.17) is 16.3 Å². The van der Waals surface area contributed by atoms with Gasteiger partial charge >= 0.3 is 6.09 Å². The van der Waals surface area contributed by atoms with Crippen LogP contribution in [0.15, 0.2) is 18.2 Å². The number of benzene rings is 1. The summed E-state index contributed by atoms with van der Waals surface area (Å²) in [6, 6.07) is 5.22. The Morgan fingerprint density at radius 2 is 2.36 bits per heavy atom. The molecular weight excluding hydrogens is 316 g/mol. The molecule has 1 N–H and O–H groups in total. The molecule has 0 bridgehead atoms. The van der Waals surface area contributed by atoms with Crippen LogP contribution in [0.1, 0.15) is 6.92 Å². The van der Waals surface area contributed by atoms with Crippen molar-refractivity contribution < 1.29 is 9.53 Å². The van der Waals surface area contributed by atoms with E-state index in [1.807, 2.05) is 0 Å². The first-order chi connectivity index (χ1) is 6.63. The molecule has 0 saturated heterocycles. The highest BCUT2D eigenvalue weighted by Crippen LogP contribution is 2.22. The van der Waals surface area contributed by atoms with Crippen LogP contribution in [0.3, 0.4) is 0 Å². The van der Waals surface area contributed by atoms with Crippen LogP contribution in [-0.4, -0.2) is 12.7 Å². The Labute approximate surface area is 101 Å². The molecule has 0 fully saturated rings. The number of hydrogen-bond donors (Lipinski definition) is 1. The largest absolute Gasteiger partial charge is 0.450 e. The number of amides is 1. The zero-order chi connectivity index (χ0) is 10.6. The number of hydrogen-bond acceptors (Lipinski definition) is 2. The van der Waals surface area contributed by atoms with Gasteiger partial charge in [-0.1, -0.05) is 11.6 Å². The minimum absolute atomic E-state index is 0.357. The van der Waals surface area contributed by atoms with Gasteiger partial charge in [0.1, 0.15) is 0 Å².